The normalized spacial score (nSPS) is 10.5. The highest BCUT2D eigenvalue weighted by Crippen LogP contribution is 2.28. The average molecular weight is 230 g/mol. The fourth-order valence-corrected chi connectivity index (χ4v) is 1.48. The zero-order chi connectivity index (χ0) is 11.6. The summed E-state index contributed by atoms with van der Waals surface area (Å²) in [6.45, 7) is 3.76. The Hall–Kier alpha value is -1.29. The molecule has 0 atom stereocenters. The van der Waals surface area contributed by atoms with Crippen LogP contribution in [-0.2, 0) is 0 Å². The molecule has 1 aromatic heterocycles. The van der Waals surface area contributed by atoms with Crippen LogP contribution in [0, 0.1) is 0 Å². The van der Waals surface area contributed by atoms with Crippen LogP contribution in [0.25, 0.3) is 0 Å². The Morgan fingerprint density at radius 3 is 2.60 bits per heavy atom. The molecule has 0 aliphatic rings. The summed E-state index contributed by atoms with van der Waals surface area (Å²) in [4.78, 5) is 14.8. The van der Waals surface area contributed by atoms with E-state index in [0.29, 0.717) is 10.6 Å². The van der Waals surface area contributed by atoms with Gasteiger partial charge in [0, 0.05) is 0 Å². The van der Waals surface area contributed by atoms with Gasteiger partial charge in [0.2, 0.25) is 5.88 Å². The van der Waals surface area contributed by atoms with Crippen molar-refractivity contribution in [3.05, 3.63) is 22.3 Å². The summed E-state index contributed by atoms with van der Waals surface area (Å²) in [7, 11) is 1.40. The van der Waals surface area contributed by atoms with Gasteiger partial charge in [0.05, 0.1) is 7.11 Å². The maximum Gasteiger partial charge on any atom is 0.354 e. The molecule has 1 heterocycles. The summed E-state index contributed by atoms with van der Waals surface area (Å²) in [6.07, 6.45) is 0. The van der Waals surface area contributed by atoms with Crippen molar-refractivity contribution in [2.75, 3.05) is 7.11 Å². The van der Waals surface area contributed by atoms with Gasteiger partial charge in [0.25, 0.3) is 0 Å². The number of halogens is 1. The highest BCUT2D eigenvalue weighted by Gasteiger charge is 2.18. The Morgan fingerprint density at radius 2 is 2.20 bits per heavy atom. The molecule has 0 aliphatic carbocycles. The molecule has 1 rings (SSSR count). The third-order valence-electron chi connectivity index (χ3n) is 1.99. The van der Waals surface area contributed by atoms with E-state index < -0.39 is 5.97 Å². The van der Waals surface area contributed by atoms with E-state index in [-0.39, 0.29) is 17.5 Å². The standard InChI is InChI=1S/C10H12ClNO3/c1-5(2)6-4-7(11)9(15-3)12-8(6)10(13)14/h4-5H,1-3H3,(H,13,14). The summed E-state index contributed by atoms with van der Waals surface area (Å²) in [5.74, 6) is -0.890. The van der Waals surface area contributed by atoms with Gasteiger partial charge in [-0.3, -0.25) is 0 Å². The number of ether oxygens (including phenoxy) is 1. The van der Waals surface area contributed by atoms with Crippen LogP contribution in [0.5, 0.6) is 5.88 Å². The molecule has 0 amide bonds. The van der Waals surface area contributed by atoms with Gasteiger partial charge < -0.3 is 9.84 Å². The molecule has 0 radical (unpaired) electrons. The van der Waals surface area contributed by atoms with Crippen LogP contribution in [0.1, 0.15) is 35.8 Å². The second-order valence-electron chi connectivity index (χ2n) is 3.38. The van der Waals surface area contributed by atoms with Crippen molar-refractivity contribution in [1.29, 1.82) is 0 Å². The molecule has 5 heteroatoms. The summed E-state index contributed by atoms with van der Waals surface area (Å²) in [5, 5.41) is 9.29. The maximum atomic E-state index is 10.9. The number of hydrogen-bond donors (Lipinski definition) is 1. The van der Waals surface area contributed by atoms with E-state index in [1.165, 1.54) is 7.11 Å². The third-order valence-corrected chi connectivity index (χ3v) is 2.26. The highest BCUT2D eigenvalue weighted by atomic mass is 35.5. The zero-order valence-corrected chi connectivity index (χ0v) is 9.50. The highest BCUT2D eigenvalue weighted by molar-refractivity contribution is 6.32. The second-order valence-corrected chi connectivity index (χ2v) is 3.78. The Labute approximate surface area is 92.8 Å². The first-order valence-corrected chi connectivity index (χ1v) is 4.82. The molecule has 4 nitrogen and oxygen atoms in total. The number of aromatic carboxylic acids is 1. The van der Waals surface area contributed by atoms with Crippen molar-refractivity contribution in [1.82, 2.24) is 4.98 Å². The fourth-order valence-electron chi connectivity index (χ4n) is 1.24. The van der Waals surface area contributed by atoms with Gasteiger partial charge in [0.15, 0.2) is 5.69 Å². The van der Waals surface area contributed by atoms with Crippen LogP contribution in [0.4, 0.5) is 0 Å². The summed E-state index contributed by atoms with van der Waals surface area (Å²) >= 11 is 5.87. The molecule has 0 spiro atoms. The van der Waals surface area contributed by atoms with Crippen molar-refractivity contribution in [3.63, 3.8) is 0 Å². The molecule has 0 aromatic carbocycles. The van der Waals surface area contributed by atoms with Crippen LogP contribution in [0.3, 0.4) is 0 Å². The van der Waals surface area contributed by atoms with Gasteiger partial charge >= 0.3 is 5.97 Å². The largest absolute Gasteiger partial charge is 0.480 e. The zero-order valence-electron chi connectivity index (χ0n) is 8.74. The minimum Gasteiger partial charge on any atom is -0.480 e. The van der Waals surface area contributed by atoms with E-state index in [1.807, 2.05) is 13.8 Å². The Kier molecular flexibility index (Phi) is 3.52. The molecular formula is C10H12ClNO3. The molecule has 0 saturated carbocycles. The first-order chi connectivity index (χ1) is 6.97. The van der Waals surface area contributed by atoms with Crippen LogP contribution in [0.2, 0.25) is 5.02 Å². The first-order valence-electron chi connectivity index (χ1n) is 4.45. The minimum atomic E-state index is -1.08. The summed E-state index contributed by atoms with van der Waals surface area (Å²) in [6, 6.07) is 1.58. The monoisotopic (exact) mass is 229 g/mol. The van der Waals surface area contributed by atoms with E-state index in [0.717, 1.165) is 0 Å². The number of methoxy groups -OCH3 is 1. The smallest absolute Gasteiger partial charge is 0.354 e. The topological polar surface area (TPSA) is 59.4 Å². The van der Waals surface area contributed by atoms with Gasteiger partial charge in [0.1, 0.15) is 5.02 Å². The Bertz CT molecular complexity index is 390. The van der Waals surface area contributed by atoms with Gasteiger partial charge in [-0.15, -0.1) is 0 Å². The van der Waals surface area contributed by atoms with Gasteiger partial charge in [-0.25, -0.2) is 9.78 Å². The van der Waals surface area contributed by atoms with Crippen LogP contribution < -0.4 is 4.74 Å². The van der Waals surface area contributed by atoms with E-state index in [4.69, 9.17) is 21.4 Å². The molecule has 0 fully saturated rings. The number of carboxylic acid groups (broad SMARTS) is 1. The Morgan fingerprint density at radius 1 is 1.60 bits per heavy atom. The van der Waals surface area contributed by atoms with Crippen molar-refractivity contribution in [2.45, 2.75) is 19.8 Å². The number of pyridine rings is 1. The van der Waals surface area contributed by atoms with Crippen LogP contribution in [0.15, 0.2) is 6.07 Å². The first kappa shape index (κ1) is 11.8. The summed E-state index contributed by atoms with van der Waals surface area (Å²) in [5.41, 5.74) is 0.597. The molecule has 1 aromatic rings. The van der Waals surface area contributed by atoms with E-state index in [9.17, 15) is 4.79 Å². The third kappa shape index (κ3) is 2.39. The molecule has 0 saturated heterocycles. The van der Waals surface area contributed by atoms with Crippen molar-refractivity contribution < 1.29 is 14.6 Å². The van der Waals surface area contributed by atoms with E-state index >= 15 is 0 Å². The number of carbonyl (C=O) groups is 1. The second kappa shape index (κ2) is 4.49. The molecule has 1 N–H and O–H groups in total. The lowest BCUT2D eigenvalue weighted by atomic mass is 10.0. The predicted octanol–water partition coefficient (Wildman–Crippen LogP) is 2.57. The predicted molar refractivity (Wildman–Crippen MR) is 56.8 cm³/mol. The van der Waals surface area contributed by atoms with Crippen molar-refractivity contribution in [3.8, 4) is 5.88 Å². The molecule has 0 unspecified atom stereocenters. The maximum absolute atomic E-state index is 10.9. The van der Waals surface area contributed by atoms with E-state index in [1.54, 1.807) is 6.07 Å². The number of aromatic nitrogens is 1. The van der Waals surface area contributed by atoms with Gasteiger partial charge in [-0.1, -0.05) is 25.4 Å². The molecule has 0 aliphatic heterocycles. The lowest BCUT2D eigenvalue weighted by Gasteiger charge is -2.11. The van der Waals surface area contributed by atoms with Crippen LogP contribution >= 0.6 is 11.6 Å². The van der Waals surface area contributed by atoms with Gasteiger partial charge in [-0.2, -0.15) is 0 Å². The molecular weight excluding hydrogens is 218 g/mol. The van der Waals surface area contributed by atoms with E-state index in [2.05, 4.69) is 4.98 Å². The van der Waals surface area contributed by atoms with Crippen LogP contribution in [-0.4, -0.2) is 23.2 Å². The number of nitrogens with zero attached hydrogens (tertiary/aromatic N) is 1. The van der Waals surface area contributed by atoms with Crippen molar-refractivity contribution in [2.24, 2.45) is 0 Å². The SMILES string of the molecule is COc1nc(C(=O)O)c(C(C)C)cc1Cl. The summed E-state index contributed by atoms with van der Waals surface area (Å²) < 4.78 is 4.86. The minimum absolute atomic E-state index is 0.00810. The molecule has 82 valence electrons. The lowest BCUT2D eigenvalue weighted by molar-refractivity contribution is 0.0687. The molecule has 0 bridgehead atoms. The molecule has 15 heavy (non-hydrogen) atoms. The number of carboxylic acids is 1. The fraction of sp³-hybridized carbons (Fsp3) is 0.400. The lowest BCUT2D eigenvalue weighted by Crippen LogP contribution is -2.08. The number of rotatable bonds is 3. The number of hydrogen-bond acceptors (Lipinski definition) is 3. The van der Waals surface area contributed by atoms with Gasteiger partial charge in [-0.05, 0) is 17.5 Å². The Balaban J connectivity index is 3.39. The van der Waals surface area contributed by atoms with Crippen molar-refractivity contribution >= 4 is 17.6 Å². The average Bonchev–Trinajstić information content (AvgIpc) is 2.16. The quantitative estimate of drug-likeness (QED) is 0.866.